The van der Waals surface area contributed by atoms with Crippen molar-refractivity contribution in [1.29, 1.82) is 0 Å². The smallest absolute Gasteiger partial charge is 0.337 e. The SMILES string of the molecule is O=C(O)c1cccc2ncn(CCC3CCCC3)c12. The molecule has 1 aromatic heterocycles. The number of aromatic nitrogens is 2. The van der Waals surface area contributed by atoms with Crippen molar-refractivity contribution < 1.29 is 9.90 Å². The second-order valence-electron chi connectivity index (χ2n) is 5.36. The number of carboxylic acid groups (broad SMARTS) is 1. The first-order chi connectivity index (χ1) is 9.25. The second kappa shape index (κ2) is 5.03. The van der Waals surface area contributed by atoms with E-state index < -0.39 is 5.97 Å². The van der Waals surface area contributed by atoms with Crippen LogP contribution in [0.15, 0.2) is 24.5 Å². The van der Waals surface area contributed by atoms with E-state index in [1.807, 2.05) is 10.6 Å². The second-order valence-corrected chi connectivity index (χ2v) is 5.36. The molecule has 0 bridgehead atoms. The van der Waals surface area contributed by atoms with E-state index in [2.05, 4.69) is 4.98 Å². The van der Waals surface area contributed by atoms with Gasteiger partial charge in [-0.3, -0.25) is 0 Å². The summed E-state index contributed by atoms with van der Waals surface area (Å²) in [5.41, 5.74) is 1.88. The maximum absolute atomic E-state index is 11.3. The molecule has 100 valence electrons. The van der Waals surface area contributed by atoms with Gasteiger partial charge in [0.1, 0.15) is 0 Å². The fraction of sp³-hybridized carbons (Fsp3) is 0.467. The summed E-state index contributed by atoms with van der Waals surface area (Å²) < 4.78 is 2.00. The molecule has 0 amide bonds. The predicted molar refractivity (Wildman–Crippen MR) is 73.3 cm³/mol. The van der Waals surface area contributed by atoms with Gasteiger partial charge >= 0.3 is 5.97 Å². The van der Waals surface area contributed by atoms with Crippen molar-refractivity contribution in [2.45, 2.75) is 38.6 Å². The van der Waals surface area contributed by atoms with Crippen LogP contribution in [-0.2, 0) is 6.54 Å². The highest BCUT2D eigenvalue weighted by atomic mass is 16.4. The Morgan fingerprint density at radius 3 is 2.89 bits per heavy atom. The highest BCUT2D eigenvalue weighted by Gasteiger charge is 2.17. The minimum atomic E-state index is -0.881. The van der Waals surface area contributed by atoms with E-state index in [1.165, 1.54) is 25.7 Å². The average molecular weight is 258 g/mol. The molecule has 1 fully saturated rings. The fourth-order valence-corrected chi connectivity index (χ4v) is 3.09. The number of nitrogens with zero attached hydrogens (tertiary/aromatic N) is 2. The molecule has 0 spiro atoms. The largest absolute Gasteiger partial charge is 0.478 e. The van der Waals surface area contributed by atoms with Crippen LogP contribution in [0.5, 0.6) is 0 Å². The Labute approximate surface area is 112 Å². The summed E-state index contributed by atoms with van der Waals surface area (Å²) in [7, 11) is 0. The summed E-state index contributed by atoms with van der Waals surface area (Å²) in [5.74, 6) is -0.0809. The first kappa shape index (κ1) is 12.2. The Hall–Kier alpha value is -1.84. The Balaban J connectivity index is 1.88. The van der Waals surface area contributed by atoms with Gasteiger partial charge < -0.3 is 9.67 Å². The van der Waals surface area contributed by atoms with Crippen LogP contribution < -0.4 is 0 Å². The fourth-order valence-electron chi connectivity index (χ4n) is 3.09. The van der Waals surface area contributed by atoms with Crippen LogP contribution in [0.2, 0.25) is 0 Å². The molecular weight excluding hydrogens is 240 g/mol. The van der Waals surface area contributed by atoms with Gasteiger partial charge in [-0.05, 0) is 24.5 Å². The Morgan fingerprint density at radius 2 is 2.16 bits per heavy atom. The molecule has 1 aliphatic rings. The van der Waals surface area contributed by atoms with E-state index in [0.717, 1.165) is 29.9 Å². The quantitative estimate of drug-likeness (QED) is 0.915. The summed E-state index contributed by atoms with van der Waals surface area (Å²) in [6.07, 6.45) is 8.22. The molecule has 1 N–H and O–H groups in total. The predicted octanol–water partition coefficient (Wildman–Crippen LogP) is 3.31. The molecule has 1 saturated carbocycles. The third-order valence-corrected chi connectivity index (χ3v) is 4.12. The lowest BCUT2D eigenvalue weighted by molar-refractivity contribution is 0.0698. The number of aromatic carboxylic acids is 1. The van der Waals surface area contributed by atoms with Crippen LogP contribution in [0.25, 0.3) is 11.0 Å². The van der Waals surface area contributed by atoms with Crippen molar-refractivity contribution in [3.05, 3.63) is 30.1 Å². The number of fused-ring (bicyclic) bond motifs is 1. The molecule has 4 nitrogen and oxygen atoms in total. The van der Waals surface area contributed by atoms with E-state index in [-0.39, 0.29) is 0 Å². The average Bonchev–Trinajstić information content (AvgIpc) is 3.05. The zero-order valence-corrected chi connectivity index (χ0v) is 10.9. The lowest BCUT2D eigenvalue weighted by atomic mass is 10.0. The van der Waals surface area contributed by atoms with E-state index in [4.69, 9.17) is 0 Å². The third kappa shape index (κ3) is 2.35. The van der Waals surface area contributed by atoms with Gasteiger partial charge in [0.15, 0.2) is 0 Å². The van der Waals surface area contributed by atoms with E-state index in [9.17, 15) is 9.90 Å². The number of carboxylic acids is 1. The summed E-state index contributed by atoms with van der Waals surface area (Å²) in [5, 5.41) is 9.26. The molecule has 0 unspecified atom stereocenters. The number of imidazole rings is 1. The maximum atomic E-state index is 11.3. The van der Waals surface area contributed by atoms with Crippen molar-refractivity contribution in [2.75, 3.05) is 0 Å². The zero-order valence-electron chi connectivity index (χ0n) is 10.9. The van der Waals surface area contributed by atoms with Crippen molar-refractivity contribution in [1.82, 2.24) is 9.55 Å². The van der Waals surface area contributed by atoms with Crippen molar-refractivity contribution in [3.63, 3.8) is 0 Å². The molecule has 0 aliphatic heterocycles. The van der Waals surface area contributed by atoms with E-state index in [1.54, 1.807) is 18.5 Å². The van der Waals surface area contributed by atoms with Gasteiger partial charge in [-0.2, -0.15) is 0 Å². The summed E-state index contributed by atoms with van der Waals surface area (Å²) in [4.78, 5) is 15.6. The normalized spacial score (nSPS) is 16.2. The first-order valence-electron chi connectivity index (χ1n) is 6.93. The van der Waals surface area contributed by atoms with Crippen molar-refractivity contribution >= 4 is 17.0 Å². The standard InChI is InChI=1S/C15H18N2O2/c18-15(19)12-6-3-7-13-14(12)17(10-16-13)9-8-11-4-1-2-5-11/h3,6-7,10-11H,1-2,4-5,8-9H2,(H,18,19). The minimum Gasteiger partial charge on any atom is -0.478 e. The Kier molecular flexibility index (Phi) is 3.23. The number of hydrogen-bond acceptors (Lipinski definition) is 2. The Morgan fingerprint density at radius 1 is 1.37 bits per heavy atom. The molecular formula is C15H18N2O2. The van der Waals surface area contributed by atoms with Crippen LogP contribution in [0.1, 0.15) is 42.5 Å². The first-order valence-corrected chi connectivity index (χ1v) is 6.93. The number of benzene rings is 1. The zero-order chi connectivity index (χ0) is 13.2. The van der Waals surface area contributed by atoms with Crippen LogP contribution in [-0.4, -0.2) is 20.6 Å². The van der Waals surface area contributed by atoms with Gasteiger partial charge in [0.05, 0.1) is 22.9 Å². The molecule has 0 saturated heterocycles. The molecule has 2 aromatic rings. The van der Waals surface area contributed by atoms with Gasteiger partial charge in [-0.25, -0.2) is 9.78 Å². The van der Waals surface area contributed by atoms with Crippen LogP contribution in [0, 0.1) is 5.92 Å². The number of aryl methyl sites for hydroxylation is 1. The van der Waals surface area contributed by atoms with Crippen molar-refractivity contribution in [3.8, 4) is 0 Å². The van der Waals surface area contributed by atoms with Crippen LogP contribution in [0.4, 0.5) is 0 Å². The summed E-state index contributed by atoms with van der Waals surface area (Å²) >= 11 is 0. The minimum absolute atomic E-state index is 0.349. The third-order valence-electron chi connectivity index (χ3n) is 4.12. The van der Waals surface area contributed by atoms with Gasteiger partial charge in [0.2, 0.25) is 0 Å². The highest BCUT2D eigenvalue weighted by molar-refractivity contribution is 6.01. The molecule has 0 radical (unpaired) electrons. The lowest BCUT2D eigenvalue weighted by Crippen LogP contribution is -2.06. The molecule has 1 aliphatic carbocycles. The van der Waals surface area contributed by atoms with Gasteiger partial charge in [-0.15, -0.1) is 0 Å². The van der Waals surface area contributed by atoms with Crippen molar-refractivity contribution in [2.24, 2.45) is 5.92 Å². The van der Waals surface area contributed by atoms with E-state index >= 15 is 0 Å². The van der Waals surface area contributed by atoms with E-state index in [0.29, 0.717) is 5.56 Å². The number of hydrogen-bond donors (Lipinski definition) is 1. The van der Waals surface area contributed by atoms with Crippen LogP contribution >= 0.6 is 0 Å². The van der Waals surface area contributed by atoms with Gasteiger partial charge in [0.25, 0.3) is 0 Å². The number of rotatable bonds is 4. The monoisotopic (exact) mass is 258 g/mol. The van der Waals surface area contributed by atoms with Gasteiger partial charge in [0, 0.05) is 6.54 Å². The molecule has 4 heteroatoms. The molecule has 19 heavy (non-hydrogen) atoms. The summed E-state index contributed by atoms with van der Waals surface area (Å²) in [6.45, 7) is 0.867. The topological polar surface area (TPSA) is 55.1 Å². The van der Waals surface area contributed by atoms with Gasteiger partial charge in [-0.1, -0.05) is 31.7 Å². The lowest BCUT2D eigenvalue weighted by Gasteiger charge is -2.10. The molecule has 1 aromatic carbocycles. The highest BCUT2D eigenvalue weighted by Crippen LogP contribution is 2.28. The molecule has 1 heterocycles. The molecule has 3 rings (SSSR count). The Bertz CT molecular complexity index is 597. The summed E-state index contributed by atoms with van der Waals surface area (Å²) in [6, 6.07) is 5.27. The number of carbonyl (C=O) groups is 1. The van der Waals surface area contributed by atoms with Crippen LogP contribution in [0.3, 0.4) is 0 Å². The number of para-hydroxylation sites is 1. The maximum Gasteiger partial charge on any atom is 0.337 e. The molecule has 0 atom stereocenters.